The minimum Gasteiger partial charge on any atom is -0.376 e. The number of hydrogen-bond donors (Lipinski definition) is 0. The summed E-state index contributed by atoms with van der Waals surface area (Å²) in [4.78, 5) is 19.6. The Hall–Kier alpha value is -2.87. The summed E-state index contributed by atoms with van der Waals surface area (Å²) in [6.45, 7) is 5.82. The van der Waals surface area contributed by atoms with E-state index in [0.717, 1.165) is 30.7 Å². The Bertz CT molecular complexity index is 950. The van der Waals surface area contributed by atoms with E-state index in [1.54, 1.807) is 15.6 Å². The van der Waals surface area contributed by atoms with E-state index >= 15 is 0 Å². The molecule has 1 amide bonds. The van der Waals surface area contributed by atoms with Crippen molar-refractivity contribution in [3.63, 3.8) is 0 Å². The Kier molecular flexibility index (Phi) is 5.29. The molecule has 0 aromatic carbocycles. The molecule has 146 valence electrons. The number of rotatable bonds is 6. The van der Waals surface area contributed by atoms with Crippen LogP contribution < -0.4 is 0 Å². The van der Waals surface area contributed by atoms with Crippen LogP contribution in [0.25, 0.3) is 5.65 Å². The Morgan fingerprint density at radius 2 is 2.29 bits per heavy atom. The highest BCUT2D eigenvalue weighted by atomic mass is 16.5. The zero-order valence-electron chi connectivity index (χ0n) is 16.2. The van der Waals surface area contributed by atoms with Crippen molar-refractivity contribution in [1.82, 2.24) is 29.7 Å². The van der Waals surface area contributed by atoms with E-state index in [-0.39, 0.29) is 17.9 Å². The van der Waals surface area contributed by atoms with Crippen LogP contribution in [0.3, 0.4) is 0 Å². The summed E-state index contributed by atoms with van der Waals surface area (Å²) in [6, 6.07) is 7.55. The second-order valence-electron chi connectivity index (χ2n) is 7.38. The van der Waals surface area contributed by atoms with Gasteiger partial charge in [0.15, 0.2) is 5.65 Å². The molecule has 0 aliphatic carbocycles. The van der Waals surface area contributed by atoms with Gasteiger partial charge in [0, 0.05) is 24.9 Å². The van der Waals surface area contributed by atoms with E-state index < -0.39 is 0 Å². The molecule has 0 N–H and O–H groups in total. The summed E-state index contributed by atoms with van der Waals surface area (Å²) in [6.07, 6.45) is 5.31. The third kappa shape index (κ3) is 3.87. The molecule has 8 nitrogen and oxygen atoms in total. The zero-order valence-corrected chi connectivity index (χ0v) is 16.2. The summed E-state index contributed by atoms with van der Waals surface area (Å²) in [5, 5.41) is 12.5. The van der Waals surface area contributed by atoms with Crippen molar-refractivity contribution in [2.24, 2.45) is 0 Å². The SMILES string of the molecule is CC(C)c1cc(C(=O)N(Cc2ccccn2)CC2CCCO2)nn2cnnc12. The number of hydrogen-bond acceptors (Lipinski definition) is 6. The molecule has 1 aliphatic heterocycles. The molecule has 1 aliphatic rings. The fourth-order valence-electron chi connectivity index (χ4n) is 3.48. The minimum atomic E-state index is -0.140. The van der Waals surface area contributed by atoms with Gasteiger partial charge in [0.25, 0.3) is 5.91 Å². The monoisotopic (exact) mass is 380 g/mol. The average Bonchev–Trinajstić information content (AvgIpc) is 3.38. The van der Waals surface area contributed by atoms with E-state index in [9.17, 15) is 4.79 Å². The largest absolute Gasteiger partial charge is 0.376 e. The van der Waals surface area contributed by atoms with Gasteiger partial charge in [0.2, 0.25) is 0 Å². The Morgan fingerprint density at radius 3 is 3.00 bits per heavy atom. The van der Waals surface area contributed by atoms with E-state index in [4.69, 9.17) is 4.74 Å². The molecule has 0 radical (unpaired) electrons. The highest BCUT2D eigenvalue weighted by molar-refractivity contribution is 5.92. The van der Waals surface area contributed by atoms with Crippen LogP contribution >= 0.6 is 0 Å². The molecule has 3 aromatic rings. The van der Waals surface area contributed by atoms with Crippen LogP contribution in [0.15, 0.2) is 36.8 Å². The molecule has 1 fully saturated rings. The molecule has 28 heavy (non-hydrogen) atoms. The van der Waals surface area contributed by atoms with Gasteiger partial charge in [0.1, 0.15) is 12.0 Å². The Balaban J connectivity index is 1.66. The lowest BCUT2D eigenvalue weighted by atomic mass is 10.0. The molecule has 1 unspecified atom stereocenters. The van der Waals surface area contributed by atoms with Gasteiger partial charge < -0.3 is 9.64 Å². The smallest absolute Gasteiger partial charge is 0.274 e. The summed E-state index contributed by atoms with van der Waals surface area (Å²) in [5.74, 6) is 0.0577. The molecule has 4 rings (SSSR count). The number of carbonyl (C=O) groups is 1. The Labute approximate surface area is 163 Å². The molecule has 0 saturated carbocycles. The lowest BCUT2D eigenvalue weighted by Gasteiger charge is -2.25. The van der Waals surface area contributed by atoms with Crippen LogP contribution in [0, 0.1) is 0 Å². The van der Waals surface area contributed by atoms with Gasteiger partial charge in [-0.2, -0.15) is 9.61 Å². The number of amides is 1. The molecule has 1 saturated heterocycles. The van der Waals surface area contributed by atoms with E-state index in [2.05, 4.69) is 34.1 Å². The van der Waals surface area contributed by atoms with Crippen LogP contribution in [-0.4, -0.2) is 54.9 Å². The number of aromatic nitrogens is 5. The van der Waals surface area contributed by atoms with E-state index in [1.165, 1.54) is 6.33 Å². The van der Waals surface area contributed by atoms with Crippen LogP contribution in [0.4, 0.5) is 0 Å². The maximum atomic E-state index is 13.4. The average molecular weight is 380 g/mol. The molecule has 0 bridgehead atoms. The van der Waals surface area contributed by atoms with Crippen LogP contribution in [-0.2, 0) is 11.3 Å². The summed E-state index contributed by atoms with van der Waals surface area (Å²) < 4.78 is 7.34. The molecule has 1 atom stereocenters. The number of nitrogens with zero attached hydrogens (tertiary/aromatic N) is 6. The van der Waals surface area contributed by atoms with Crippen molar-refractivity contribution < 1.29 is 9.53 Å². The first-order valence-corrected chi connectivity index (χ1v) is 9.63. The third-order valence-corrected chi connectivity index (χ3v) is 4.95. The number of pyridine rings is 1. The maximum Gasteiger partial charge on any atom is 0.274 e. The van der Waals surface area contributed by atoms with Gasteiger partial charge >= 0.3 is 0 Å². The van der Waals surface area contributed by atoms with Crippen LogP contribution in [0.2, 0.25) is 0 Å². The predicted molar refractivity (Wildman–Crippen MR) is 103 cm³/mol. The standard InChI is InChI=1S/C20H24N6O2/c1-14(2)17-10-18(24-26-13-22-23-19(17)26)20(27)25(12-16-7-5-9-28-16)11-15-6-3-4-8-21-15/h3-4,6,8,10,13-14,16H,5,7,9,11-12H2,1-2H3. The molecular weight excluding hydrogens is 356 g/mol. The van der Waals surface area contributed by atoms with Gasteiger partial charge in [0.05, 0.1) is 18.3 Å². The summed E-state index contributed by atoms with van der Waals surface area (Å²) >= 11 is 0. The minimum absolute atomic E-state index is 0.0517. The number of carbonyl (C=O) groups excluding carboxylic acids is 1. The van der Waals surface area contributed by atoms with Crippen molar-refractivity contribution in [2.75, 3.05) is 13.2 Å². The molecule has 4 heterocycles. The van der Waals surface area contributed by atoms with Gasteiger partial charge in [-0.3, -0.25) is 9.78 Å². The second kappa shape index (κ2) is 8.02. The Morgan fingerprint density at radius 1 is 1.39 bits per heavy atom. The van der Waals surface area contributed by atoms with Gasteiger partial charge in [-0.05, 0) is 37.0 Å². The topological polar surface area (TPSA) is 85.5 Å². The molecule has 3 aromatic heterocycles. The van der Waals surface area contributed by atoms with Crippen LogP contribution in [0.5, 0.6) is 0 Å². The van der Waals surface area contributed by atoms with Crippen molar-refractivity contribution in [3.8, 4) is 0 Å². The van der Waals surface area contributed by atoms with Gasteiger partial charge in [-0.25, -0.2) is 0 Å². The predicted octanol–water partition coefficient (Wildman–Crippen LogP) is 2.46. The second-order valence-corrected chi connectivity index (χ2v) is 7.38. The summed E-state index contributed by atoms with van der Waals surface area (Å²) in [5.41, 5.74) is 2.85. The third-order valence-electron chi connectivity index (χ3n) is 4.95. The van der Waals surface area contributed by atoms with Crippen molar-refractivity contribution in [3.05, 3.63) is 53.7 Å². The zero-order chi connectivity index (χ0) is 19.5. The van der Waals surface area contributed by atoms with Gasteiger partial charge in [-0.1, -0.05) is 19.9 Å². The number of ether oxygens (including phenoxy) is 1. The quantitative estimate of drug-likeness (QED) is 0.653. The van der Waals surface area contributed by atoms with Gasteiger partial charge in [-0.15, -0.1) is 10.2 Å². The number of fused-ring (bicyclic) bond motifs is 1. The fraction of sp³-hybridized carbons (Fsp3) is 0.450. The molecular formula is C20H24N6O2. The first kappa shape index (κ1) is 18.5. The van der Waals surface area contributed by atoms with Crippen molar-refractivity contribution in [1.29, 1.82) is 0 Å². The fourth-order valence-corrected chi connectivity index (χ4v) is 3.48. The van der Waals surface area contributed by atoms with E-state index in [1.807, 2.05) is 24.3 Å². The highest BCUT2D eigenvalue weighted by Gasteiger charge is 2.26. The van der Waals surface area contributed by atoms with Crippen molar-refractivity contribution >= 4 is 11.6 Å². The molecule has 0 spiro atoms. The lowest BCUT2D eigenvalue weighted by Crippen LogP contribution is -2.37. The maximum absolute atomic E-state index is 13.4. The van der Waals surface area contributed by atoms with E-state index in [0.29, 0.717) is 24.4 Å². The molecule has 8 heteroatoms. The van der Waals surface area contributed by atoms with Crippen LogP contribution in [0.1, 0.15) is 54.4 Å². The van der Waals surface area contributed by atoms with Crippen molar-refractivity contribution in [2.45, 2.75) is 45.3 Å². The first-order chi connectivity index (χ1) is 13.6. The first-order valence-electron chi connectivity index (χ1n) is 9.63. The normalized spacial score (nSPS) is 16.8. The summed E-state index contributed by atoms with van der Waals surface area (Å²) in [7, 11) is 0. The highest BCUT2D eigenvalue weighted by Crippen LogP contribution is 2.21. The lowest BCUT2D eigenvalue weighted by molar-refractivity contribution is 0.0499.